The summed E-state index contributed by atoms with van der Waals surface area (Å²) in [5, 5.41) is 12.6. The van der Waals surface area contributed by atoms with Gasteiger partial charge in [0.25, 0.3) is 0 Å². The molecule has 2 aromatic rings. The van der Waals surface area contributed by atoms with Crippen molar-refractivity contribution < 1.29 is 18.3 Å². The first-order valence-corrected chi connectivity index (χ1v) is 6.06. The van der Waals surface area contributed by atoms with Gasteiger partial charge in [0.15, 0.2) is 0 Å². The molecule has 2 aromatic carbocycles. The minimum Gasteiger partial charge on any atom is -0.506 e. The molecule has 0 fully saturated rings. The van der Waals surface area contributed by atoms with E-state index in [1.165, 1.54) is 6.07 Å². The Bertz CT molecular complexity index is 608. The predicted octanol–water partition coefficient (Wildman–Crippen LogP) is 4.33. The Morgan fingerprint density at radius 3 is 2.55 bits per heavy atom. The van der Waals surface area contributed by atoms with Crippen molar-refractivity contribution in [2.24, 2.45) is 0 Å². The van der Waals surface area contributed by atoms with E-state index in [4.69, 9.17) is 0 Å². The normalized spacial score (nSPS) is 11.4. The minimum atomic E-state index is -4.35. The molecule has 0 saturated carbocycles. The third-order valence-electron chi connectivity index (χ3n) is 2.89. The first-order valence-electron chi connectivity index (χ1n) is 6.06. The highest BCUT2D eigenvalue weighted by Crippen LogP contribution is 2.30. The lowest BCUT2D eigenvalue weighted by atomic mass is 10.1. The van der Waals surface area contributed by atoms with Gasteiger partial charge in [-0.3, -0.25) is 0 Å². The second kappa shape index (κ2) is 5.45. The number of hydrogen-bond acceptors (Lipinski definition) is 2. The molecule has 0 bridgehead atoms. The number of aryl methyl sites for hydroxylation is 1. The number of rotatable bonds is 3. The molecule has 0 amide bonds. The average molecular weight is 281 g/mol. The molecule has 0 aliphatic carbocycles. The molecule has 0 heterocycles. The van der Waals surface area contributed by atoms with Gasteiger partial charge in [-0.05, 0) is 42.3 Å². The number of halogens is 3. The van der Waals surface area contributed by atoms with Crippen LogP contribution in [0.1, 0.15) is 16.7 Å². The van der Waals surface area contributed by atoms with Crippen LogP contribution in [0.15, 0.2) is 42.5 Å². The van der Waals surface area contributed by atoms with Crippen LogP contribution in [0.3, 0.4) is 0 Å². The standard InChI is InChI=1S/C15H14F3NO/c1-10-5-6-14(20)13(7-10)19-9-11-3-2-4-12(8-11)15(16,17)18/h2-8,19-20H,9H2,1H3. The second-order valence-electron chi connectivity index (χ2n) is 4.57. The molecule has 0 saturated heterocycles. The largest absolute Gasteiger partial charge is 0.506 e. The van der Waals surface area contributed by atoms with Crippen molar-refractivity contribution >= 4 is 5.69 Å². The summed E-state index contributed by atoms with van der Waals surface area (Å²) >= 11 is 0. The number of benzene rings is 2. The summed E-state index contributed by atoms with van der Waals surface area (Å²) in [5.41, 5.74) is 1.28. The molecule has 2 N–H and O–H groups in total. The van der Waals surface area contributed by atoms with Gasteiger partial charge in [0.1, 0.15) is 5.75 Å². The van der Waals surface area contributed by atoms with Crippen molar-refractivity contribution in [3.05, 3.63) is 59.2 Å². The van der Waals surface area contributed by atoms with Crippen LogP contribution in [-0.4, -0.2) is 5.11 Å². The van der Waals surface area contributed by atoms with Crippen molar-refractivity contribution in [2.75, 3.05) is 5.32 Å². The van der Waals surface area contributed by atoms with E-state index < -0.39 is 11.7 Å². The van der Waals surface area contributed by atoms with Gasteiger partial charge in [-0.1, -0.05) is 18.2 Å². The summed E-state index contributed by atoms with van der Waals surface area (Å²) in [6.45, 7) is 2.08. The smallest absolute Gasteiger partial charge is 0.416 e. The summed E-state index contributed by atoms with van der Waals surface area (Å²) < 4.78 is 37.8. The Kier molecular flexibility index (Phi) is 3.88. The predicted molar refractivity (Wildman–Crippen MR) is 71.6 cm³/mol. The monoisotopic (exact) mass is 281 g/mol. The fourth-order valence-corrected chi connectivity index (χ4v) is 1.85. The molecule has 0 radical (unpaired) electrons. The van der Waals surface area contributed by atoms with E-state index in [0.717, 1.165) is 17.7 Å². The van der Waals surface area contributed by atoms with E-state index in [9.17, 15) is 18.3 Å². The quantitative estimate of drug-likeness (QED) is 0.821. The van der Waals surface area contributed by atoms with Crippen molar-refractivity contribution in [3.8, 4) is 5.75 Å². The highest BCUT2D eigenvalue weighted by Gasteiger charge is 2.30. The number of phenolic OH excluding ortho intramolecular Hbond substituents is 1. The molecule has 0 aliphatic rings. The second-order valence-corrected chi connectivity index (χ2v) is 4.57. The first kappa shape index (κ1) is 14.2. The zero-order valence-electron chi connectivity index (χ0n) is 10.8. The first-order chi connectivity index (χ1) is 9.36. The Morgan fingerprint density at radius 1 is 1.10 bits per heavy atom. The van der Waals surface area contributed by atoms with Crippen LogP contribution in [0.2, 0.25) is 0 Å². The van der Waals surface area contributed by atoms with Crippen molar-refractivity contribution in [3.63, 3.8) is 0 Å². The molecule has 0 aliphatic heterocycles. The van der Waals surface area contributed by atoms with Gasteiger partial charge in [-0.2, -0.15) is 13.2 Å². The Hall–Kier alpha value is -2.17. The summed E-state index contributed by atoms with van der Waals surface area (Å²) in [5.74, 6) is 0.0718. The maximum Gasteiger partial charge on any atom is 0.416 e. The van der Waals surface area contributed by atoms with Crippen molar-refractivity contribution in [1.29, 1.82) is 0 Å². The maximum atomic E-state index is 12.6. The van der Waals surface area contributed by atoms with Crippen LogP contribution in [0.5, 0.6) is 5.75 Å². The number of phenols is 1. The molecule has 106 valence electrons. The topological polar surface area (TPSA) is 32.3 Å². The fraction of sp³-hybridized carbons (Fsp3) is 0.200. The molecular weight excluding hydrogens is 267 g/mol. The van der Waals surface area contributed by atoms with Gasteiger partial charge in [-0.15, -0.1) is 0 Å². The van der Waals surface area contributed by atoms with E-state index >= 15 is 0 Å². The molecule has 2 rings (SSSR count). The van der Waals surface area contributed by atoms with Crippen LogP contribution in [-0.2, 0) is 12.7 Å². The highest BCUT2D eigenvalue weighted by atomic mass is 19.4. The van der Waals surface area contributed by atoms with Crippen LogP contribution in [0, 0.1) is 6.92 Å². The van der Waals surface area contributed by atoms with E-state index in [-0.39, 0.29) is 12.3 Å². The lowest BCUT2D eigenvalue weighted by Crippen LogP contribution is -2.07. The van der Waals surface area contributed by atoms with Crippen molar-refractivity contribution in [2.45, 2.75) is 19.6 Å². The summed E-state index contributed by atoms with van der Waals surface area (Å²) in [6, 6.07) is 10.1. The van der Waals surface area contributed by atoms with Gasteiger partial charge in [0.05, 0.1) is 11.3 Å². The fourth-order valence-electron chi connectivity index (χ4n) is 1.85. The molecule has 0 unspecified atom stereocenters. The zero-order valence-corrected chi connectivity index (χ0v) is 10.8. The molecule has 0 aromatic heterocycles. The van der Waals surface area contributed by atoms with Crippen LogP contribution >= 0.6 is 0 Å². The number of hydrogen-bond donors (Lipinski definition) is 2. The molecule has 0 atom stereocenters. The molecule has 0 spiro atoms. The molecular formula is C15H14F3NO. The SMILES string of the molecule is Cc1ccc(O)c(NCc2cccc(C(F)(F)F)c2)c1. The van der Waals surface area contributed by atoms with E-state index in [0.29, 0.717) is 11.3 Å². The van der Waals surface area contributed by atoms with Gasteiger partial charge < -0.3 is 10.4 Å². The van der Waals surface area contributed by atoms with E-state index in [2.05, 4.69) is 5.32 Å². The van der Waals surface area contributed by atoms with E-state index in [1.54, 1.807) is 24.3 Å². The molecule has 5 heteroatoms. The van der Waals surface area contributed by atoms with Crippen LogP contribution in [0.25, 0.3) is 0 Å². The summed E-state index contributed by atoms with van der Waals surface area (Å²) in [6.07, 6.45) is -4.35. The third kappa shape index (κ3) is 3.44. The van der Waals surface area contributed by atoms with Gasteiger partial charge in [-0.25, -0.2) is 0 Å². The van der Waals surface area contributed by atoms with Gasteiger partial charge >= 0.3 is 6.18 Å². The zero-order chi connectivity index (χ0) is 14.8. The number of nitrogens with one attached hydrogen (secondary N) is 1. The van der Waals surface area contributed by atoms with Crippen molar-refractivity contribution in [1.82, 2.24) is 0 Å². The summed E-state index contributed by atoms with van der Waals surface area (Å²) in [7, 11) is 0. The lowest BCUT2D eigenvalue weighted by Gasteiger charge is -2.11. The third-order valence-corrected chi connectivity index (χ3v) is 2.89. The Balaban J connectivity index is 2.13. The average Bonchev–Trinajstić information content (AvgIpc) is 2.39. The Labute approximate surface area is 114 Å². The maximum absolute atomic E-state index is 12.6. The van der Waals surface area contributed by atoms with Crippen LogP contribution in [0.4, 0.5) is 18.9 Å². The van der Waals surface area contributed by atoms with Crippen LogP contribution < -0.4 is 5.32 Å². The number of aromatic hydroxyl groups is 1. The molecule has 20 heavy (non-hydrogen) atoms. The number of anilines is 1. The van der Waals surface area contributed by atoms with Gasteiger partial charge in [0.2, 0.25) is 0 Å². The molecule has 2 nitrogen and oxygen atoms in total. The number of alkyl halides is 3. The van der Waals surface area contributed by atoms with Gasteiger partial charge in [0, 0.05) is 6.54 Å². The highest BCUT2D eigenvalue weighted by molar-refractivity contribution is 5.57. The summed E-state index contributed by atoms with van der Waals surface area (Å²) in [4.78, 5) is 0. The minimum absolute atomic E-state index is 0.0718. The Morgan fingerprint density at radius 2 is 1.85 bits per heavy atom. The lowest BCUT2D eigenvalue weighted by molar-refractivity contribution is -0.137. The van der Waals surface area contributed by atoms with E-state index in [1.807, 2.05) is 6.92 Å².